The fourth-order valence-electron chi connectivity index (χ4n) is 2.20. The lowest BCUT2D eigenvalue weighted by molar-refractivity contribution is 0.0999. The summed E-state index contributed by atoms with van der Waals surface area (Å²) in [6.07, 6.45) is 4.54. The number of aromatic nitrogens is 3. The van der Waals surface area contributed by atoms with E-state index < -0.39 is 5.91 Å². The van der Waals surface area contributed by atoms with Gasteiger partial charge in [0.05, 0.1) is 11.3 Å². The van der Waals surface area contributed by atoms with Crippen LogP contribution in [0.1, 0.15) is 15.9 Å². The number of hydrogen-bond acceptors (Lipinski definition) is 5. The first kappa shape index (κ1) is 14.6. The fourth-order valence-corrected chi connectivity index (χ4v) is 2.20. The van der Waals surface area contributed by atoms with Crippen LogP contribution < -0.4 is 10.6 Å². The lowest BCUT2D eigenvalue weighted by Gasteiger charge is -2.23. The molecule has 1 aromatic carbocycles. The molecule has 0 unspecified atom stereocenters. The molecule has 6 nitrogen and oxygen atoms in total. The van der Waals surface area contributed by atoms with Crippen molar-refractivity contribution in [2.45, 2.75) is 6.92 Å². The Hall–Kier alpha value is -3.28. The van der Waals surface area contributed by atoms with Gasteiger partial charge in [0.1, 0.15) is 5.82 Å². The van der Waals surface area contributed by atoms with Crippen LogP contribution in [0.3, 0.4) is 0 Å². The van der Waals surface area contributed by atoms with Gasteiger partial charge >= 0.3 is 0 Å². The maximum atomic E-state index is 11.2. The molecule has 23 heavy (non-hydrogen) atoms. The van der Waals surface area contributed by atoms with Gasteiger partial charge in [0.25, 0.3) is 5.91 Å². The van der Waals surface area contributed by atoms with E-state index >= 15 is 0 Å². The molecule has 3 rings (SSSR count). The molecule has 2 N–H and O–H groups in total. The topological polar surface area (TPSA) is 85.0 Å². The molecule has 0 saturated carbocycles. The second-order valence-electron chi connectivity index (χ2n) is 4.95. The van der Waals surface area contributed by atoms with Gasteiger partial charge in [0, 0.05) is 18.6 Å². The van der Waals surface area contributed by atoms with Crippen molar-refractivity contribution >= 4 is 23.4 Å². The monoisotopic (exact) mass is 305 g/mol. The van der Waals surface area contributed by atoms with Crippen molar-refractivity contribution in [2.75, 3.05) is 4.90 Å². The second-order valence-corrected chi connectivity index (χ2v) is 4.95. The number of carbonyl (C=O) groups is 1. The van der Waals surface area contributed by atoms with E-state index in [0.717, 1.165) is 11.3 Å². The van der Waals surface area contributed by atoms with Gasteiger partial charge in [-0.05, 0) is 30.7 Å². The largest absolute Gasteiger partial charge is 0.366 e. The number of benzene rings is 1. The van der Waals surface area contributed by atoms with E-state index in [1.165, 1.54) is 12.4 Å². The Morgan fingerprint density at radius 1 is 1.00 bits per heavy atom. The van der Waals surface area contributed by atoms with Crippen molar-refractivity contribution in [1.82, 2.24) is 15.0 Å². The van der Waals surface area contributed by atoms with E-state index in [-0.39, 0.29) is 5.56 Å². The molecule has 0 atom stereocenters. The Morgan fingerprint density at radius 3 is 2.30 bits per heavy atom. The second kappa shape index (κ2) is 6.23. The lowest BCUT2D eigenvalue weighted by Crippen LogP contribution is -2.17. The molecule has 6 heteroatoms. The predicted molar refractivity (Wildman–Crippen MR) is 87.8 cm³/mol. The smallest absolute Gasteiger partial charge is 0.251 e. The van der Waals surface area contributed by atoms with Crippen LogP contribution in [0.15, 0.2) is 61.1 Å². The van der Waals surface area contributed by atoms with Crippen LogP contribution in [0.5, 0.6) is 0 Å². The summed E-state index contributed by atoms with van der Waals surface area (Å²) < 4.78 is 0. The van der Waals surface area contributed by atoms with Crippen LogP contribution in [-0.2, 0) is 0 Å². The first-order valence-corrected chi connectivity index (χ1v) is 7.05. The molecule has 0 aliphatic heterocycles. The first-order valence-electron chi connectivity index (χ1n) is 7.05. The van der Waals surface area contributed by atoms with E-state index in [4.69, 9.17) is 5.73 Å². The minimum atomic E-state index is -0.558. The number of pyridine rings is 1. The Kier molecular flexibility index (Phi) is 3.97. The zero-order chi connectivity index (χ0) is 16.2. The first-order chi connectivity index (χ1) is 11.2. The Labute approximate surface area is 133 Å². The SMILES string of the molecule is Cc1ccccc1N(c1ccccn1)c1ncc(C(N)=O)cn1. The summed E-state index contributed by atoms with van der Waals surface area (Å²) in [6, 6.07) is 13.5. The normalized spacial score (nSPS) is 10.3. The number of nitrogens with two attached hydrogens (primary N) is 1. The lowest BCUT2D eigenvalue weighted by atomic mass is 10.2. The maximum Gasteiger partial charge on any atom is 0.251 e. The van der Waals surface area contributed by atoms with Crippen molar-refractivity contribution in [3.8, 4) is 0 Å². The van der Waals surface area contributed by atoms with Crippen molar-refractivity contribution in [3.05, 3.63) is 72.2 Å². The Balaban J connectivity index is 2.13. The van der Waals surface area contributed by atoms with Crippen LogP contribution in [0.25, 0.3) is 0 Å². The zero-order valence-electron chi connectivity index (χ0n) is 12.5. The minimum absolute atomic E-state index is 0.263. The average Bonchev–Trinajstić information content (AvgIpc) is 2.58. The molecule has 114 valence electrons. The van der Waals surface area contributed by atoms with Crippen LogP contribution in [0.4, 0.5) is 17.5 Å². The molecule has 0 fully saturated rings. The number of rotatable bonds is 4. The summed E-state index contributed by atoms with van der Waals surface area (Å²) in [7, 11) is 0. The highest BCUT2D eigenvalue weighted by atomic mass is 16.1. The van der Waals surface area contributed by atoms with Crippen molar-refractivity contribution in [2.24, 2.45) is 5.73 Å². The molecule has 2 heterocycles. The third-order valence-electron chi connectivity index (χ3n) is 3.36. The van der Waals surface area contributed by atoms with Crippen LogP contribution in [0.2, 0.25) is 0 Å². The maximum absolute atomic E-state index is 11.2. The molecule has 0 aliphatic rings. The number of nitrogens with zero attached hydrogens (tertiary/aromatic N) is 4. The highest BCUT2D eigenvalue weighted by molar-refractivity contribution is 5.92. The quantitative estimate of drug-likeness (QED) is 0.801. The molecular weight excluding hydrogens is 290 g/mol. The average molecular weight is 305 g/mol. The third-order valence-corrected chi connectivity index (χ3v) is 3.36. The molecule has 0 spiro atoms. The molecule has 0 bridgehead atoms. The van der Waals surface area contributed by atoms with Gasteiger partial charge in [-0.25, -0.2) is 15.0 Å². The van der Waals surface area contributed by atoms with E-state index in [2.05, 4.69) is 15.0 Å². The predicted octanol–water partition coefficient (Wildman–Crippen LogP) is 2.75. The molecule has 2 aromatic heterocycles. The summed E-state index contributed by atoms with van der Waals surface area (Å²) in [6.45, 7) is 2.00. The third kappa shape index (κ3) is 3.01. The number of aryl methyl sites for hydroxylation is 1. The van der Waals surface area contributed by atoms with E-state index in [1.807, 2.05) is 54.3 Å². The number of hydrogen-bond donors (Lipinski definition) is 1. The molecular formula is C17H15N5O. The van der Waals surface area contributed by atoms with Gasteiger partial charge in [-0.1, -0.05) is 24.3 Å². The number of amides is 1. The Morgan fingerprint density at radius 2 is 1.70 bits per heavy atom. The highest BCUT2D eigenvalue weighted by Gasteiger charge is 2.17. The molecule has 3 aromatic rings. The fraction of sp³-hybridized carbons (Fsp3) is 0.0588. The van der Waals surface area contributed by atoms with Gasteiger partial charge in [-0.3, -0.25) is 9.69 Å². The van der Waals surface area contributed by atoms with Crippen molar-refractivity contribution < 1.29 is 4.79 Å². The van der Waals surface area contributed by atoms with Crippen LogP contribution >= 0.6 is 0 Å². The molecule has 0 radical (unpaired) electrons. The zero-order valence-corrected chi connectivity index (χ0v) is 12.5. The highest BCUT2D eigenvalue weighted by Crippen LogP contribution is 2.32. The van der Waals surface area contributed by atoms with Gasteiger partial charge in [0.15, 0.2) is 0 Å². The van der Waals surface area contributed by atoms with Gasteiger partial charge in [-0.15, -0.1) is 0 Å². The summed E-state index contributed by atoms with van der Waals surface area (Å²) in [5.41, 5.74) is 7.48. The summed E-state index contributed by atoms with van der Waals surface area (Å²) in [4.78, 5) is 25.9. The minimum Gasteiger partial charge on any atom is -0.366 e. The van der Waals surface area contributed by atoms with Crippen molar-refractivity contribution in [3.63, 3.8) is 0 Å². The molecule has 1 amide bonds. The van der Waals surface area contributed by atoms with Gasteiger partial charge in [0.2, 0.25) is 5.95 Å². The van der Waals surface area contributed by atoms with E-state index in [1.54, 1.807) is 6.20 Å². The number of carbonyl (C=O) groups excluding carboxylic acids is 1. The number of anilines is 3. The van der Waals surface area contributed by atoms with E-state index in [0.29, 0.717) is 11.8 Å². The summed E-state index contributed by atoms with van der Waals surface area (Å²) in [5.74, 6) is 0.549. The Bertz CT molecular complexity index is 818. The van der Waals surface area contributed by atoms with Crippen LogP contribution in [-0.4, -0.2) is 20.9 Å². The molecule has 0 saturated heterocycles. The van der Waals surface area contributed by atoms with E-state index in [9.17, 15) is 4.79 Å². The van der Waals surface area contributed by atoms with Crippen molar-refractivity contribution in [1.29, 1.82) is 0 Å². The van der Waals surface area contributed by atoms with Gasteiger partial charge < -0.3 is 5.73 Å². The molecule has 0 aliphatic carbocycles. The van der Waals surface area contributed by atoms with Crippen LogP contribution in [0, 0.1) is 6.92 Å². The summed E-state index contributed by atoms with van der Waals surface area (Å²) in [5, 5.41) is 0. The number of para-hydroxylation sites is 1. The number of primary amides is 1. The standard InChI is InChI=1S/C17H15N5O/c1-12-6-2-3-7-14(12)22(15-8-4-5-9-19-15)17-20-10-13(11-21-17)16(18)23/h2-11H,1H3,(H2,18,23). The summed E-state index contributed by atoms with van der Waals surface area (Å²) >= 11 is 0. The van der Waals surface area contributed by atoms with Gasteiger partial charge in [-0.2, -0.15) is 0 Å².